The molecule has 0 unspecified atom stereocenters. The monoisotopic (exact) mass is 275 g/mol. The van der Waals surface area contributed by atoms with Crippen LogP contribution in [0.1, 0.15) is 5.56 Å². The molecule has 1 aromatic heterocycles. The second kappa shape index (κ2) is 6.58. The normalized spacial score (nSPS) is 10.2. The fourth-order valence-electron chi connectivity index (χ4n) is 1.51. The molecule has 0 aliphatic heterocycles. The molecule has 2 rings (SSSR count). The van der Waals surface area contributed by atoms with Crippen LogP contribution >= 0.6 is 0 Å². The largest absolute Gasteiger partial charge is 0.424 e. The minimum atomic E-state index is -0.561. The first-order valence-corrected chi connectivity index (χ1v) is 5.91. The molecular formula is C13H13N3O4. The second-order valence-electron chi connectivity index (χ2n) is 3.97. The van der Waals surface area contributed by atoms with Gasteiger partial charge < -0.3 is 9.47 Å². The van der Waals surface area contributed by atoms with Crippen molar-refractivity contribution in [2.24, 2.45) is 0 Å². The predicted octanol–water partition coefficient (Wildman–Crippen LogP) is 2.37. The highest BCUT2D eigenvalue weighted by Crippen LogP contribution is 2.19. The number of methoxy groups -OCH3 is 1. The van der Waals surface area contributed by atoms with Gasteiger partial charge in [0.05, 0.1) is 11.5 Å². The summed E-state index contributed by atoms with van der Waals surface area (Å²) in [6.45, 7) is 0.658. The second-order valence-corrected chi connectivity index (χ2v) is 3.97. The number of hydrogen-bond donors (Lipinski definition) is 0. The van der Waals surface area contributed by atoms with Gasteiger partial charge in [-0.3, -0.25) is 10.1 Å². The topological polar surface area (TPSA) is 87.4 Å². The van der Waals surface area contributed by atoms with E-state index in [0.717, 1.165) is 24.4 Å². The summed E-state index contributed by atoms with van der Waals surface area (Å²) in [4.78, 5) is 17.5. The average Bonchev–Trinajstić information content (AvgIpc) is 2.47. The third-order valence-electron chi connectivity index (χ3n) is 2.55. The van der Waals surface area contributed by atoms with Crippen LogP contribution in [0, 0.1) is 10.1 Å². The van der Waals surface area contributed by atoms with Crippen LogP contribution in [-0.4, -0.2) is 28.6 Å². The Morgan fingerprint density at radius 3 is 2.40 bits per heavy atom. The lowest BCUT2D eigenvalue weighted by Crippen LogP contribution is -1.96. The van der Waals surface area contributed by atoms with Crippen LogP contribution in [0.5, 0.6) is 11.8 Å². The van der Waals surface area contributed by atoms with Crippen molar-refractivity contribution in [3.05, 3.63) is 52.3 Å². The van der Waals surface area contributed by atoms with Crippen molar-refractivity contribution in [3.63, 3.8) is 0 Å². The standard InChI is InChI=1S/C13H13N3O4/c1-19-7-6-10-2-4-12(5-3-10)20-13-14-8-11(9-15-13)16(17)18/h2-5,8-9H,6-7H2,1H3. The van der Waals surface area contributed by atoms with Crippen molar-refractivity contribution in [2.45, 2.75) is 6.42 Å². The molecule has 20 heavy (non-hydrogen) atoms. The third-order valence-corrected chi connectivity index (χ3v) is 2.55. The van der Waals surface area contributed by atoms with E-state index in [1.54, 1.807) is 19.2 Å². The first-order valence-electron chi connectivity index (χ1n) is 5.91. The fourth-order valence-corrected chi connectivity index (χ4v) is 1.51. The van der Waals surface area contributed by atoms with E-state index >= 15 is 0 Å². The van der Waals surface area contributed by atoms with Gasteiger partial charge >= 0.3 is 11.7 Å². The van der Waals surface area contributed by atoms with E-state index in [9.17, 15) is 10.1 Å². The van der Waals surface area contributed by atoms with Gasteiger partial charge in [-0.2, -0.15) is 9.97 Å². The summed E-state index contributed by atoms with van der Waals surface area (Å²) < 4.78 is 10.4. The molecule has 1 aromatic carbocycles. The smallest absolute Gasteiger partial charge is 0.322 e. The maximum atomic E-state index is 10.5. The highest BCUT2D eigenvalue weighted by Gasteiger charge is 2.07. The van der Waals surface area contributed by atoms with Crippen LogP contribution in [0.3, 0.4) is 0 Å². The van der Waals surface area contributed by atoms with Gasteiger partial charge in [-0.25, -0.2) is 0 Å². The Morgan fingerprint density at radius 1 is 1.20 bits per heavy atom. The molecular weight excluding hydrogens is 262 g/mol. The lowest BCUT2D eigenvalue weighted by atomic mass is 10.1. The molecule has 7 nitrogen and oxygen atoms in total. The highest BCUT2D eigenvalue weighted by atomic mass is 16.6. The number of ether oxygens (including phenoxy) is 2. The molecule has 0 amide bonds. The van der Waals surface area contributed by atoms with Crippen molar-refractivity contribution in [3.8, 4) is 11.8 Å². The SMILES string of the molecule is COCCc1ccc(Oc2ncc([N+](=O)[O-])cn2)cc1. The summed E-state index contributed by atoms with van der Waals surface area (Å²) >= 11 is 0. The van der Waals surface area contributed by atoms with E-state index in [1.807, 2.05) is 12.1 Å². The molecule has 0 saturated carbocycles. The minimum absolute atomic E-state index is 0.0697. The molecule has 0 bridgehead atoms. The maximum absolute atomic E-state index is 10.5. The van der Waals surface area contributed by atoms with Gasteiger partial charge in [0.1, 0.15) is 18.1 Å². The Labute approximate surface area is 115 Å². The van der Waals surface area contributed by atoms with Gasteiger partial charge in [0.2, 0.25) is 0 Å². The Hall–Kier alpha value is -2.54. The predicted molar refractivity (Wildman–Crippen MR) is 70.8 cm³/mol. The Morgan fingerprint density at radius 2 is 1.85 bits per heavy atom. The van der Waals surface area contributed by atoms with E-state index < -0.39 is 4.92 Å². The fraction of sp³-hybridized carbons (Fsp3) is 0.231. The Balaban J connectivity index is 2.00. The van der Waals surface area contributed by atoms with Gasteiger partial charge in [-0.15, -0.1) is 0 Å². The lowest BCUT2D eigenvalue weighted by molar-refractivity contribution is -0.385. The van der Waals surface area contributed by atoms with Crippen LogP contribution in [0.15, 0.2) is 36.7 Å². The molecule has 104 valence electrons. The molecule has 0 spiro atoms. The van der Waals surface area contributed by atoms with Gasteiger partial charge in [-0.1, -0.05) is 12.1 Å². The summed E-state index contributed by atoms with van der Waals surface area (Å²) in [5.41, 5.74) is 0.955. The molecule has 0 atom stereocenters. The summed E-state index contributed by atoms with van der Waals surface area (Å²) in [6, 6.07) is 7.48. The number of nitrogens with zero attached hydrogens (tertiary/aromatic N) is 3. The van der Waals surface area contributed by atoms with Crippen molar-refractivity contribution < 1.29 is 14.4 Å². The number of nitro groups is 1. The highest BCUT2D eigenvalue weighted by molar-refractivity contribution is 5.30. The van der Waals surface area contributed by atoms with E-state index in [1.165, 1.54) is 0 Å². The van der Waals surface area contributed by atoms with Gasteiger partial charge in [0.15, 0.2) is 0 Å². The lowest BCUT2D eigenvalue weighted by Gasteiger charge is -2.04. The van der Waals surface area contributed by atoms with Crippen LogP contribution in [-0.2, 0) is 11.2 Å². The number of hydrogen-bond acceptors (Lipinski definition) is 6. The van der Waals surface area contributed by atoms with Gasteiger partial charge in [0.25, 0.3) is 0 Å². The molecule has 0 aliphatic rings. The van der Waals surface area contributed by atoms with Crippen LogP contribution in [0.4, 0.5) is 5.69 Å². The number of rotatable bonds is 6. The molecule has 2 aromatic rings. The van der Waals surface area contributed by atoms with Crippen molar-refractivity contribution in [2.75, 3.05) is 13.7 Å². The third kappa shape index (κ3) is 3.72. The number of benzene rings is 1. The summed E-state index contributed by atoms with van der Waals surface area (Å²) in [7, 11) is 1.66. The molecule has 1 heterocycles. The molecule has 0 fully saturated rings. The summed E-state index contributed by atoms with van der Waals surface area (Å²) in [5, 5.41) is 10.5. The number of aromatic nitrogens is 2. The molecule has 0 N–H and O–H groups in total. The van der Waals surface area contributed by atoms with Crippen LogP contribution in [0.25, 0.3) is 0 Å². The van der Waals surface area contributed by atoms with Crippen LogP contribution < -0.4 is 4.74 Å². The minimum Gasteiger partial charge on any atom is -0.424 e. The van der Waals surface area contributed by atoms with Gasteiger partial charge in [-0.05, 0) is 24.1 Å². The average molecular weight is 275 g/mol. The van der Waals surface area contributed by atoms with Crippen molar-refractivity contribution >= 4 is 5.69 Å². The zero-order chi connectivity index (χ0) is 14.4. The van der Waals surface area contributed by atoms with E-state index in [2.05, 4.69) is 9.97 Å². The van der Waals surface area contributed by atoms with Crippen molar-refractivity contribution in [1.29, 1.82) is 0 Å². The molecule has 7 heteroatoms. The summed E-state index contributed by atoms with van der Waals surface area (Å²) in [6.07, 6.45) is 3.04. The van der Waals surface area contributed by atoms with E-state index in [0.29, 0.717) is 12.4 Å². The van der Waals surface area contributed by atoms with Crippen molar-refractivity contribution in [1.82, 2.24) is 9.97 Å². The maximum Gasteiger partial charge on any atom is 0.322 e. The molecule has 0 radical (unpaired) electrons. The molecule has 0 aliphatic carbocycles. The first-order chi connectivity index (χ1) is 9.69. The zero-order valence-corrected chi connectivity index (χ0v) is 10.9. The van der Waals surface area contributed by atoms with Crippen LogP contribution in [0.2, 0.25) is 0 Å². The molecule has 0 saturated heterocycles. The Bertz CT molecular complexity index is 569. The van der Waals surface area contributed by atoms with Gasteiger partial charge in [0, 0.05) is 7.11 Å². The summed E-state index contributed by atoms with van der Waals surface area (Å²) in [5.74, 6) is 0.569. The quantitative estimate of drug-likeness (QED) is 0.594. The first kappa shape index (κ1) is 13.9. The zero-order valence-electron chi connectivity index (χ0n) is 10.9. The van der Waals surface area contributed by atoms with E-state index in [-0.39, 0.29) is 11.7 Å². The van der Waals surface area contributed by atoms with E-state index in [4.69, 9.17) is 9.47 Å². The Kier molecular flexibility index (Phi) is 4.56.